The number of rotatable bonds is 2. The molecule has 1 aromatic rings. The van der Waals surface area contributed by atoms with Crippen molar-refractivity contribution in [1.29, 1.82) is 0 Å². The first kappa shape index (κ1) is 9.13. The average molecular weight is 191 g/mol. The van der Waals surface area contributed by atoms with Crippen molar-refractivity contribution >= 4 is 11.6 Å². The van der Waals surface area contributed by atoms with Crippen molar-refractivity contribution in [3.05, 3.63) is 23.0 Å². The van der Waals surface area contributed by atoms with Gasteiger partial charge in [0.1, 0.15) is 0 Å². The first-order valence-corrected chi connectivity index (χ1v) is 3.64. The van der Waals surface area contributed by atoms with E-state index in [1.165, 1.54) is 26.4 Å². The van der Waals surface area contributed by atoms with Crippen LogP contribution in [0.3, 0.4) is 0 Å². The second-order valence-electron chi connectivity index (χ2n) is 2.12. The average Bonchev–Trinajstić information content (AvgIpc) is 2.03. The number of ether oxygens (including phenoxy) is 2. The normalized spacial score (nSPS) is 9.67. The van der Waals surface area contributed by atoms with Crippen molar-refractivity contribution in [2.75, 3.05) is 14.2 Å². The van der Waals surface area contributed by atoms with Gasteiger partial charge in [-0.2, -0.15) is 0 Å². The van der Waals surface area contributed by atoms with Crippen molar-refractivity contribution in [3.8, 4) is 11.5 Å². The van der Waals surface area contributed by atoms with E-state index in [0.29, 0.717) is 5.75 Å². The van der Waals surface area contributed by atoms with Crippen LogP contribution in [-0.4, -0.2) is 14.2 Å². The molecule has 0 radical (unpaired) electrons. The molecule has 0 unspecified atom stereocenters. The predicted octanol–water partition coefficient (Wildman–Crippen LogP) is 2.50. The van der Waals surface area contributed by atoms with Crippen molar-refractivity contribution in [2.24, 2.45) is 0 Å². The molecule has 0 bridgehead atoms. The van der Waals surface area contributed by atoms with Gasteiger partial charge in [-0.05, 0) is 6.07 Å². The maximum absolute atomic E-state index is 13.0. The molecule has 0 saturated carbocycles. The van der Waals surface area contributed by atoms with Crippen molar-refractivity contribution in [3.63, 3.8) is 0 Å². The Hall–Kier alpha value is -0.960. The Balaban J connectivity index is 3.24. The molecule has 0 heterocycles. The lowest BCUT2D eigenvalue weighted by atomic mass is 10.3. The molecule has 1 aromatic carbocycles. The Morgan fingerprint density at radius 2 is 1.92 bits per heavy atom. The lowest BCUT2D eigenvalue weighted by Gasteiger charge is -2.07. The molecule has 0 atom stereocenters. The van der Waals surface area contributed by atoms with E-state index in [1.807, 2.05) is 0 Å². The van der Waals surface area contributed by atoms with Crippen LogP contribution in [0.15, 0.2) is 12.1 Å². The predicted molar refractivity (Wildman–Crippen MR) is 44.5 cm³/mol. The Morgan fingerprint density at radius 1 is 1.25 bits per heavy atom. The quantitative estimate of drug-likeness (QED) is 0.714. The Morgan fingerprint density at radius 3 is 2.42 bits per heavy atom. The summed E-state index contributed by atoms with van der Waals surface area (Å²) >= 11 is 5.58. The van der Waals surface area contributed by atoms with E-state index in [-0.39, 0.29) is 10.8 Å². The minimum absolute atomic E-state index is 0.0712. The third kappa shape index (κ3) is 1.61. The Kier molecular flexibility index (Phi) is 2.76. The highest BCUT2D eigenvalue weighted by atomic mass is 35.5. The lowest BCUT2D eigenvalue weighted by molar-refractivity contribution is 0.337. The van der Waals surface area contributed by atoms with Crippen LogP contribution in [0.5, 0.6) is 11.5 Å². The molecule has 0 aliphatic heterocycles. The molecule has 12 heavy (non-hydrogen) atoms. The number of benzene rings is 1. The highest BCUT2D eigenvalue weighted by Crippen LogP contribution is 2.32. The van der Waals surface area contributed by atoms with Crippen LogP contribution in [0.4, 0.5) is 4.39 Å². The molecule has 2 nitrogen and oxygen atoms in total. The fraction of sp³-hybridized carbons (Fsp3) is 0.250. The summed E-state index contributed by atoms with van der Waals surface area (Å²) in [5.74, 6) is -0.161. The number of methoxy groups -OCH3 is 2. The zero-order chi connectivity index (χ0) is 9.14. The summed E-state index contributed by atoms with van der Waals surface area (Å²) in [6.45, 7) is 0. The molecule has 0 fully saturated rings. The number of halogens is 2. The van der Waals surface area contributed by atoms with Gasteiger partial charge in [-0.3, -0.25) is 0 Å². The molecule has 4 heteroatoms. The zero-order valence-corrected chi connectivity index (χ0v) is 7.48. The van der Waals surface area contributed by atoms with Gasteiger partial charge in [-0.15, -0.1) is 0 Å². The molecule has 0 aliphatic carbocycles. The fourth-order valence-electron chi connectivity index (χ4n) is 0.886. The van der Waals surface area contributed by atoms with Gasteiger partial charge >= 0.3 is 0 Å². The van der Waals surface area contributed by atoms with Gasteiger partial charge in [0.05, 0.1) is 14.2 Å². The molecule has 0 amide bonds. The smallest absolute Gasteiger partial charge is 0.196 e. The van der Waals surface area contributed by atoms with Crippen LogP contribution in [-0.2, 0) is 0 Å². The third-order valence-electron chi connectivity index (χ3n) is 1.40. The summed E-state index contributed by atoms with van der Waals surface area (Å²) in [5.41, 5.74) is 0. The Labute approximate surface area is 74.9 Å². The SMILES string of the molecule is COc1cc(Cl)cc(F)c1OC. The molecule has 0 N–H and O–H groups in total. The van der Waals surface area contributed by atoms with Gasteiger partial charge in [0.25, 0.3) is 0 Å². The monoisotopic (exact) mass is 190 g/mol. The van der Waals surface area contributed by atoms with Crippen molar-refractivity contribution < 1.29 is 13.9 Å². The van der Waals surface area contributed by atoms with Crippen LogP contribution in [0, 0.1) is 5.82 Å². The van der Waals surface area contributed by atoms with E-state index >= 15 is 0 Å². The number of hydrogen-bond donors (Lipinski definition) is 0. The molecular formula is C8H8ClFO2. The van der Waals surface area contributed by atoms with E-state index in [1.54, 1.807) is 0 Å². The molecule has 66 valence electrons. The maximum atomic E-state index is 13.0. The largest absolute Gasteiger partial charge is 0.493 e. The topological polar surface area (TPSA) is 18.5 Å². The lowest BCUT2D eigenvalue weighted by Crippen LogP contribution is -1.93. The van der Waals surface area contributed by atoms with Gasteiger partial charge in [0, 0.05) is 11.1 Å². The Bertz CT molecular complexity index is 289. The van der Waals surface area contributed by atoms with E-state index in [2.05, 4.69) is 0 Å². The molecule has 0 aromatic heterocycles. The van der Waals surface area contributed by atoms with E-state index < -0.39 is 5.82 Å². The van der Waals surface area contributed by atoms with Gasteiger partial charge in [-0.25, -0.2) is 4.39 Å². The second-order valence-corrected chi connectivity index (χ2v) is 2.56. The minimum atomic E-state index is -0.526. The van der Waals surface area contributed by atoms with E-state index in [4.69, 9.17) is 21.1 Å². The van der Waals surface area contributed by atoms with Crippen LogP contribution in [0.2, 0.25) is 5.02 Å². The summed E-state index contributed by atoms with van der Waals surface area (Å²) in [6.07, 6.45) is 0. The van der Waals surface area contributed by atoms with Crippen molar-refractivity contribution in [1.82, 2.24) is 0 Å². The summed E-state index contributed by atoms with van der Waals surface area (Å²) in [5, 5.41) is 0.283. The molecule has 1 rings (SSSR count). The molecular weight excluding hydrogens is 183 g/mol. The molecule has 0 aliphatic rings. The van der Waals surface area contributed by atoms with E-state index in [9.17, 15) is 4.39 Å². The number of hydrogen-bond acceptors (Lipinski definition) is 2. The maximum Gasteiger partial charge on any atom is 0.196 e. The highest BCUT2D eigenvalue weighted by Gasteiger charge is 2.10. The fourth-order valence-corrected chi connectivity index (χ4v) is 1.08. The summed E-state index contributed by atoms with van der Waals surface area (Å²) in [7, 11) is 2.79. The molecule has 0 spiro atoms. The minimum Gasteiger partial charge on any atom is -0.493 e. The van der Waals surface area contributed by atoms with Gasteiger partial charge < -0.3 is 9.47 Å². The van der Waals surface area contributed by atoms with Crippen molar-refractivity contribution in [2.45, 2.75) is 0 Å². The van der Waals surface area contributed by atoms with Crippen LogP contribution < -0.4 is 9.47 Å². The molecule has 0 saturated heterocycles. The van der Waals surface area contributed by atoms with Crippen LogP contribution in [0.1, 0.15) is 0 Å². The first-order chi connectivity index (χ1) is 5.69. The van der Waals surface area contributed by atoms with Gasteiger partial charge in [-0.1, -0.05) is 11.6 Å². The van der Waals surface area contributed by atoms with Gasteiger partial charge in [0.15, 0.2) is 17.3 Å². The second kappa shape index (κ2) is 3.63. The third-order valence-corrected chi connectivity index (χ3v) is 1.62. The highest BCUT2D eigenvalue weighted by molar-refractivity contribution is 6.30. The summed E-state index contributed by atoms with van der Waals surface area (Å²) in [4.78, 5) is 0. The standard InChI is InChI=1S/C8H8ClFO2/c1-11-7-4-5(9)3-6(10)8(7)12-2/h3-4H,1-2H3. The van der Waals surface area contributed by atoms with Gasteiger partial charge in [0.2, 0.25) is 0 Å². The zero-order valence-electron chi connectivity index (χ0n) is 6.73. The van der Waals surface area contributed by atoms with E-state index in [0.717, 1.165) is 0 Å². The first-order valence-electron chi connectivity index (χ1n) is 3.26. The van der Waals surface area contributed by atoms with Crippen LogP contribution >= 0.6 is 11.6 Å². The summed E-state index contributed by atoms with van der Waals surface area (Å²) < 4.78 is 22.6. The summed E-state index contributed by atoms with van der Waals surface area (Å²) in [6, 6.07) is 2.66. The van der Waals surface area contributed by atoms with Crippen LogP contribution in [0.25, 0.3) is 0 Å².